The van der Waals surface area contributed by atoms with Crippen molar-refractivity contribution in [3.63, 3.8) is 0 Å². The van der Waals surface area contributed by atoms with Gasteiger partial charge in [-0.25, -0.2) is 8.42 Å². The summed E-state index contributed by atoms with van der Waals surface area (Å²) in [6, 6.07) is 7.76. The third-order valence-corrected chi connectivity index (χ3v) is 5.17. The lowest BCUT2D eigenvalue weighted by molar-refractivity contribution is -0.136. The molecule has 1 N–H and O–H groups in total. The molecule has 0 atom stereocenters. The summed E-state index contributed by atoms with van der Waals surface area (Å²) in [6.07, 6.45) is 1.37. The van der Waals surface area contributed by atoms with Crippen molar-refractivity contribution in [1.29, 1.82) is 0 Å². The van der Waals surface area contributed by atoms with Crippen molar-refractivity contribution in [2.24, 2.45) is 0 Å². The fourth-order valence-corrected chi connectivity index (χ4v) is 3.82. The summed E-state index contributed by atoms with van der Waals surface area (Å²) in [4.78, 5) is 10.6. The van der Waals surface area contributed by atoms with Gasteiger partial charge < -0.3 is 5.11 Å². The van der Waals surface area contributed by atoms with E-state index in [0.717, 1.165) is 24.0 Å². The maximum absolute atomic E-state index is 12.3. The van der Waals surface area contributed by atoms with Gasteiger partial charge in [0.15, 0.2) is 0 Å². The summed E-state index contributed by atoms with van der Waals surface area (Å²) in [7, 11) is -3.51. The van der Waals surface area contributed by atoms with Crippen molar-refractivity contribution in [3.8, 4) is 0 Å². The molecular formula is C14H19NO4S. The van der Waals surface area contributed by atoms with Crippen LogP contribution in [0.4, 0.5) is 0 Å². The molecule has 0 aromatic heterocycles. The van der Waals surface area contributed by atoms with E-state index in [9.17, 15) is 13.2 Å². The quantitative estimate of drug-likeness (QED) is 0.832. The van der Waals surface area contributed by atoms with Crippen LogP contribution in [0.3, 0.4) is 0 Å². The Morgan fingerprint density at radius 1 is 1.40 bits per heavy atom. The van der Waals surface area contributed by atoms with E-state index >= 15 is 0 Å². The number of rotatable bonds is 7. The highest BCUT2D eigenvalue weighted by Gasteiger charge is 2.37. The molecule has 0 heterocycles. The number of carboxylic acids is 1. The molecule has 0 radical (unpaired) electrons. The molecule has 1 aromatic rings. The van der Waals surface area contributed by atoms with Gasteiger partial charge in [0.25, 0.3) is 0 Å². The van der Waals surface area contributed by atoms with Crippen LogP contribution in [0.25, 0.3) is 0 Å². The standard InChI is InChI=1S/C14H19NO4S/c1-11-3-2-4-12(9-11)10-15(13-5-6-13)20(18,19)8-7-14(16)17/h2-4,9,13H,5-8,10H2,1H3,(H,16,17). The highest BCUT2D eigenvalue weighted by Crippen LogP contribution is 2.31. The minimum absolute atomic E-state index is 0.0364. The van der Waals surface area contributed by atoms with Crippen molar-refractivity contribution in [3.05, 3.63) is 35.4 Å². The van der Waals surface area contributed by atoms with Crippen molar-refractivity contribution in [1.82, 2.24) is 4.31 Å². The van der Waals surface area contributed by atoms with Crippen LogP contribution >= 0.6 is 0 Å². The SMILES string of the molecule is Cc1cccc(CN(C2CC2)S(=O)(=O)CCC(=O)O)c1. The Morgan fingerprint density at radius 3 is 2.65 bits per heavy atom. The highest BCUT2D eigenvalue weighted by molar-refractivity contribution is 7.89. The lowest BCUT2D eigenvalue weighted by atomic mass is 10.1. The Labute approximate surface area is 119 Å². The number of aliphatic carboxylic acids is 1. The van der Waals surface area contributed by atoms with Crippen LogP contribution in [-0.2, 0) is 21.4 Å². The molecule has 2 rings (SSSR count). The molecule has 0 saturated heterocycles. The van der Waals surface area contributed by atoms with Crippen molar-refractivity contribution in [2.75, 3.05) is 5.75 Å². The number of carbonyl (C=O) groups is 1. The van der Waals surface area contributed by atoms with Gasteiger partial charge in [-0.15, -0.1) is 0 Å². The van der Waals surface area contributed by atoms with Gasteiger partial charge in [-0.1, -0.05) is 29.8 Å². The Hall–Kier alpha value is -1.40. The molecule has 20 heavy (non-hydrogen) atoms. The summed E-state index contributed by atoms with van der Waals surface area (Å²) in [5, 5.41) is 8.66. The molecule has 1 saturated carbocycles. The third kappa shape index (κ3) is 4.05. The molecule has 0 spiro atoms. The first-order valence-electron chi connectivity index (χ1n) is 6.65. The fraction of sp³-hybridized carbons (Fsp3) is 0.500. The normalized spacial score (nSPS) is 15.5. The predicted molar refractivity (Wildman–Crippen MR) is 75.8 cm³/mol. The zero-order valence-corrected chi connectivity index (χ0v) is 12.3. The topological polar surface area (TPSA) is 74.7 Å². The number of hydrogen-bond acceptors (Lipinski definition) is 3. The van der Waals surface area contributed by atoms with E-state index in [2.05, 4.69) is 0 Å². The Kier molecular flexibility index (Phi) is 4.45. The van der Waals surface area contributed by atoms with Gasteiger partial charge in [-0.05, 0) is 25.3 Å². The molecule has 110 valence electrons. The van der Waals surface area contributed by atoms with E-state index in [-0.39, 0.29) is 18.2 Å². The van der Waals surface area contributed by atoms with E-state index in [1.807, 2.05) is 31.2 Å². The number of aryl methyl sites for hydroxylation is 1. The number of carboxylic acid groups (broad SMARTS) is 1. The van der Waals surface area contributed by atoms with Crippen molar-refractivity contribution in [2.45, 2.75) is 38.8 Å². The van der Waals surface area contributed by atoms with Gasteiger partial charge in [0, 0.05) is 12.6 Å². The van der Waals surface area contributed by atoms with Gasteiger partial charge in [-0.2, -0.15) is 4.31 Å². The Balaban J connectivity index is 2.13. The number of sulfonamides is 1. The number of hydrogen-bond donors (Lipinski definition) is 1. The van der Waals surface area contributed by atoms with Crippen LogP contribution in [0, 0.1) is 6.92 Å². The van der Waals surface area contributed by atoms with Crippen molar-refractivity contribution >= 4 is 16.0 Å². The average molecular weight is 297 g/mol. The van der Waals surface area contributed by atoms with E-state index < -0.39 is 16.0 Å². The zero-order chi connectivity index (χ0) is 14.8. The lowest BCUT2D eigenvalue weighted by Crippen LogP contribution is -2.35. The second-order valence-electron chi connectivity index (χ2n) is 5.23. The highest BCUT2D eigenvalue weighted by atomic mass is 32.2. The van der Waals surface area contributed by atoms with Gasteiger partial charge in [0.2, 0.25) is 10.0 Å². The molecule has 1 fully saturated rings. The maximum atomic E-state index is 12.3. The molecule has 1 aliphatic carbocycles. The molecule has 1 aromatic carbocycles. The molecule has 0 unspecified atom stereocenters. The van der Waals surface area contributed by atoms with Crippen LogP contribution < -0.4 is 0 Å². The van der Waals surface area contributed by atoms with Crippen LogP contribution in [0.1, 0.15) is 30.4 Å². The minimum atomic E-state index is -3.51. The Morgan fingerprint density at radius 2 is 2.10 bits per heavy atom. The van der Waals surface area contributed by atoms with Gasteiger partial charge in [0.1, 0.15) is 0 Å². The van der Waals surface area contributed by atoms with E-state index in [1.54, 1.807) is 0 Å². The van der Waals surface area contributed by atoms with Gasteiger partial charge in [-0.3, -0.25) is 4.79 Å². The fourth-order valence-electron chi connectivity index (χ4n) is 2.14. The largest absolute Gasteiger partial charge is 0.481 e. The second-order valence-corrected chi connectivity index (χ2v) is 7.27. The summed E-state index contributed by atoms with van der Waals surface area (Å²) >= 11 is 0. The molecule has 6 heteroatoms. The monoisotopic (exact) mass is 297 g/mol. The van der Waals surface area contributed by atoms with Crippen LogP contribution in [0.2, 0.25) is 0 Å². The molecule has 1 aliphatic rings. The smallest absolute Gasteiger partial charge is 0.304 e. The first kappa shape index (κ1) is 15.0. The third-order valence-electron chi connectivity index (χ3n) is 3.31. The summed E-state index contributed by atoms with van der Waals surface area (Å²) in [6.45, 7) is 2.29. The maximum Gasteiger partial charge on any atom is 0.304 e. The van der Waals surface area contributed by atoms with Gasteiger partial charge in [0.05, 0.1) is 12.2 Å². The molecule has 0 aliphatic heterocycles. The van der Waals surface area contributed by atoms with E-state index in [1.165, 1.54) is 4.31 Å². The number of benzene rings is 1. The predicted octanol–water partition coefficient (Wildman–Crippen LogP) is 1.76. The number of nitrogens with zero attached hydrogens (tertiary/aromatic N) is 1. The molecular weight excluding hydrogens is 278 g/mol. The zero-order valence-electron chi connectivity index (χ0n) is 11.4. The lowest BCUT2D eigenvalue weighted by Gasteiger charge is -2.21. The summed E-state index contributed by atoms with van der Waals surface area (Å²) < 4.78 is 26.0. The summed E-state index contributed by atoms with van der Waals surface area (Å²) in [5.41, 5.74) is 2.02. The average Bonchev–Trinajstić information content (AvgIpc) is 3.18. The van der Waals surface area contributed by atoms with Crippen molar-refractivity contribution < 1.29 is 18.3 Å². The first-order chi connectivity index (χ1) is 9.38. The van der Waals surface area contributed by atoms with Crippen LogP contribution in [-0.4, -0.2) is 35.6 Å². The first-order valence-corrected chi connectivity index (χ1v) is 8.26. The Bertz CT molecular complexity index is 593. The summed E-state index contributed by atoms with van der Waals surface area (Å²) in [5.74, 6) is -1.41. The second kappa shape index (κ2) is 5.93. The van der Waals surface area contributed by atoms with E-state index in [4.69, 9.17) is 5.11 Å². The molecule has 0 bridgehead atoms. The van der Waals surface area contributed by atoms with Crippen LogP contribution in [0.15, 0.2) is 24.3 Å². The molecule has 0 amide bonds. The molecule has 5 nitrogen and oxygen atoms in total. The van der Waals surface area contributed by atoms with Crippen LogP contribution in [0.5, 0.6) is 0 Å². The van der Waals surface area contributed by atoms with Gasteiger partial charge >= 0.3 is 5.97 Å². The minimum Gasteiger partial charge on any atom is -0.481 e. The van der Waals surface area contributed by atoms with E-state index in [0.29, 0.717) is 6.54 Å².